The molecule has 0 aliphatic rings. The maximum Gasteiger partial charge on any atom is 0.242 e. The molecule has 1 heterocycles. The van der Waals surface area contributed by atoms with E-state index in [0.29, 0.717) is 13.1 Å². The summed E-state index contributed by atoms with van der Waals surface area (Å²) >= 11 is 7.29. The van der Waals surface area contributed by atoms with Crippen molar-refractivity contribution in [3.05, 3.63) is 58.0 Å². The molecule has 0 spiro atoms. The lowest BCUT2D eigenvalue weighted by Gasteiger charge is -2.31. The van der Waals surface area contributed by atoms with E-state index in [0.717, 1.165) is 16.9 Å². The number of hydrogen-bond donors (Lipinski definition) is 0. The Bertz CT molecular complexity index is 737. The van der Waals surface area contributed by atoms with E-state index in [4.69, 9.17) is 11.6 Å². The van der Waals surface area contributed by atoms with Crippen LogP contribution in [0.1, 0.15) is 30.7 Å². The Morgan fingerprint density at radius 1 is 1.15 bits per heavy atom. The number of nitrogens with zero attached hydrogens (tertiary/aromatic N) is 2. The molecule has 4 nitrogen and oxygen atoms in total. The zero-order valence-electron chi connectivity index (χ0n) is 15.5. The van der Waals surface area contributed by atoms with Crippen molar-refractivity contribution in [2.45, 2.75) is 39.4 Å². The topological polar surface area (TPSA) is 40.6 Å². The molecule has 7 heteroatoms. The summed E-state index contributed by atoms with van der Waals surface area (Å²) < 4.78 is 13.2. The van der Waals surface area contributed by atoms with Gasteiger partial charge in [0, 0.05) is 17.5 Å². The average Bonchev–Trinajstić information content (AvgIpc) is 3.19. The van der Waals surface area contributed by atoms with Crippen LogP contribution >= 0.6 is 22.9 Å². The number of halogens is 2. The van der Waals surface area contributed by atoms with Crippen LogP contribution in [0, 0.1) is 5.82 Å². The molecule has 0 fully saturated rings. The van der Waals surface area contributed by atoms with Gasteiger partial charge in [0.1, 0.15) is 18.2 Å². The number of hydrogen-bond acceptors (Lipinski definition) is 3. The van der Waals surface area contributed by atoms with Gasteiger partial charge in [-0.3, -0.25) is 9.59 Å². The largest absolute Gasteiger partial charge is 0.332 e. The molecular formula is C20H24ClFN2O2S. The van der Waals surface area contributed by atoms with Crippen LogP contribution in [0.15, 0.2) is 41.8 Å². The molecule has 0 aliphatic heterocycles. The highest BCUT2D eigenvalue weighted by molar-refractivity contribution is 7.09. The van der Waals surface area contributed by atoms with E-state index in [1.54, 1.807) is 28.4 Å². The molecule has 0 bridgehead atoms. The quantitative estimate of drug-likeness (QED) is 0.579. The lowest BCUT2D eigenvalue weighted by atomic mass is 10.2. The Hall–Kier alpha value is -1.92. The van der Waals surface area contributed by atoms with Gasteiger partial charge in [0.25, 0.3) is 0 Å². The first-order chi connectivity index (χ1) is 12.9. The van der Waals surface area contributed by atoms with Gasteiger partial charge in [-0.25, -0.2) is 4.39 Å². The van der Waals surface area contributed by atoms with E-state index in [1.807, 2.05) is 31.4 Å². The fourth-order valence-electron chi connectivity index (χ4n) is 2.67. The van der Waals surface area contributed by atoms with E-state index in [2.05, 4.69) is 0 Å². The second-order valence-corrected chi connectivity index (χ2v) is 7.67. The summed E-state index contributed by atoms with van der Waals surface area (Å²) in [7, 11) is 0. The smallest absolute Gasteiger partial charge is 0.242 e. The van der Waals surface area contributed by atoms with Crippen LogP contribution in [0.2, 0.25) is 0 Å². The molecule has 1 aromatic carbocycles. The highest BCUT2D eigenvalue weighted by Crippen LogP contribution is 2.16. The summed E-state index contributed by atoms with van der Waals surface area (Å²) in [5, 5.41) is 1.96. The minimum Gasteiger partial charge on any atom is -0.332 e. The van der Waals surface area contributed by atoms with E-state index in [1.165, 1.54) is 17.0 Å². The number of thiophene rings is 1. The summed E-state index contributed by atoms with van der Waals surface area (Å²) in [6.07, 6.45) is 0.735. The van der Waals surface area contributed by atoms with Crippen molar-refractivity contribution in [3.8, 4) is 0 Å². The third-order valence-electron chi connectivity index (χ3n) is 4.43. The SMILES string of the molecule is CCC(C)N(CC(=O)N(Cc1ccc(F)cc1)Cc1cccs1)C(=O)CCl. The summed E-state index contributed by atoms with van der Waals surface area (Å²) in [6.45, 7) is 4.64. The van der Waals surface area contributed by atoms with Gasteiger partial charge in [0.15, 0.2) is 0 Å². The van der Waals surface area contributed by atoms with Crippen LogP contribution < -0.4 is 0 Å². The maximum absolute atomic E-state index is 13.2. The maximum atomic E-state index is 13.2. The monoisotopic (exact) mass is 410 g/mol. The molecule has 0 saturated carbocycles. The van der Waals surface area contributed by atoms with Crippen molar-refractivity contribution in [3.63, 3.8) is 0 Å². The molecule has 0 saturated heterocycles. The highest BCUT2D eigenvalue weighted by atomic mass is 35.5. The molecule has 2 rings (SSSR count). The predicted octanol–water partition coefficient (Wildman–Crippen LogP) is 4.28. The first-order valence-electron chi connectivity index (χ1n) is 8.84. The zero-order chi connectivity index (χ0) is 19.8. The molecule has 0 aliphatic carbocycles. The molecule has 1 unspecified atom stereocenters. The lowest BCUT2D eigenvalue weighted by Crippen LogP contribution is -2.46. The van der Waals surface area contributed by atoms with Crippen molar-refractivity contribution in [2.75, 3.05) is 12.4 Å². The summed E-state index contributed by atoms with van der Waals surface area (Å²) in [5.74, 6) is -0.880. The average molecular weight is 411 g/mol. The number of alkyl halides is 1. The molecular weight excluding hydrogens is 387 g/mol. The van der Waals surface area contributed by atoms with E-state index < -0.39 is 0 Å². The van der Waals surface area contributed by atoms with E-state index >= 15 is 0 Å². The summed E-state index contributed by atoms with van der Waals surface area (Å²) in [4.78, 5) is 29.4. The van der Waals surface area contributed by atoms with Crippen molar-refractivity contribution in [1.29, 1.82) is 0 Å². The minimum atomic E-state index is -0.314. The number of amides is 2. The number of benzene rings is 1. The second kappa shape index (κ2) is 10.4. The molecule has 27 heavy (non-hydrogen) atoms. The Kier molecular flexibility index (Phi) is 8.25. The fourth-order valence-corrected chi connectivity index (χ4v) is 3.54. The van der Waals surface area contributed by atoms with Crippen molar-refractivity contribution < 1.29 is 14.0 Å². The van der Waals surface area contributed by atoms with Crippen molar-refractivity contribution in [1.82, 2.24) is 9.80 Å². The number of rotatable bonds is 9. The van der Waals surface area contributed by atoms with Gasteiger partial charge in [0.2, 0.25) is 11.8 Å². The Labute approximate surface area is 168 Å². The molecule has 2 amide bonds. The van der Waals surface area contributed by atoms with Gasteiger partial charge in [0.05, 0.1) is 6.54 Å². The first-order valence-corrected chi connectivity index (χ1v) is 10.3. The third kappa shape index (κ3) is 6.33. The van der Waals surface area contributed by atoms with Crippen LogP contribution in [-0.4, -0.2) is 40.1 Å². The molecule has 0 N–H and O–H groups in total. The fraction of sp³-hybridized carbons (Fsp3) is 0.400. The second-order valence-electron chi connectivity index (χ2n) is 6.37. The van der Waals surface area contributed by atoms with E-state index in [9.17, 15) is 14.0 Å². The Balaban J connectivity index is 2.18. The standard InChI is InChI=1S/C20H24ClFN2O2S/c1-3-15(2)24(19(25)11-21)14-20(26)23(13-18-5-4-10-27-18)12-16-6-8-17(22)9-7-16/h4-10,15H,3,11-14H2,1-2H3. The lowest BCUT2D eigenvalue weighted by molar-refractivity contribution is -0.141. The molecule has 146 valence electrons. The van der Waals surface area contributed by atoms with Gasteiger partial charge in [-0.15, -0.1) is 22.9 Å². The van der Waals surface area contributed by atoms with E-state index in [-0.39, 0.29) is 36.1 Å². The normalized spacial score (nSPS) is 11.9. The number of carbonyl (C=O) groups excluding carboxylic acids is 2. The van der Waals surface area contributed by atoms with Gasteiger partial charge in [-0.1, -0.05) is 25.1 Å². The highest BCUT2D eigenvalue weighted by Gasteiger charge is 2.24. The van der Waals surface area contributed by atoms with Gasteiger partial charge in [-0.2, -0.15) is 0 Å². The summed E-state index contributed by atoms with van der Waals surface area (Å²) in [6, 6.07) is 9.92. The van der Waals surface area contributed by atoms with Crippen LogP contribution in [0.25, 0.3) is 0 Å². The zero-order valence-corrected chi connectivity index (χ0v) is 17.1. The Morgan fingerprint density at radius 2 is 1.85 bits per heavy atom. The first kappa shape index (κ1) is 21.4. The van der Waals surface area contributed by atoms with Gasteiger partial charge < -0.3 is 9.80 Å². The summed E-state index contributed by atoms with van der Waals surface area (Å²) in [5.41, 5.74) is 0.833. The molecule has 1 atom stereocenters. The van der Waals surface area contributed by atoms with Crippen molar-refractivity contribution >= 4 is 34.8 Å². The molecule has 2 aromatic rings. The predicted molar refractivity (Wildman–Crippen MR) is 107 cm³/mol. The van der Waals surface area contributed by atoms with Crippen molar-refractivity contribution in [2.24, 2.45) is 0 Å². The van der Waals surface area contributed by atoms with Crippen LogP contribution in [0.3, 0.4) is 0 Å². The van der Waals surface area contributed by atoms with Gasteiger partial charge in [-0.05, 0) is 42.5 Å². The van der Waals surface area contributed by atoms with Crippen LogP contribution in [0.4, 0.5) is 4.39 Å². The minimum absolute atomic E-state index is 0.0207. The third-order valence-corrected chi connectivity index (χ3v) is 5.52. The number of carbonyl (C=O) groups is 2. The molecule has 1 aromatic heterocycles. The van der Waals surface area contributed by atoms with Crippen LogP contribution in [-0.2, 0) is 22.7 Å². The Morgan fingerprint density at radius 3 is 2.41 bits per heavy atom. The molecule has 0 radical (unpaired) electrons. The van der Waals surface area contributed by atoms with Crippen LogP contribution in [0.5, 0.6) is 0 Å². The van der Waals surface area contributed by atoms with Gasteiger partial charge >= 0.3 is 0 Å².